The molecule has 9 N–H and O–H groups in total. The Hall–Kier alpha value is -3.65. The largest absolute Gasteiger partial charge is 0.543 e. The van der Waals surface area contributed by atoms with E-state index in [1.54, 1.807) is 0 Å². The first-order valence-corrected chi connectivity index (χ1v) is 16.0. The number of allylic oxidation sites excluding steroid dienone is 1. The summed E-state index contributed by atoms with van der Waals surface area (Å²) in [6.45, 7) is 2.48. The molecular weight excluding hydrogens is 623 g/mol. The number of carboxylic acids is 2. The van der Waals surface area contributed by atoms with Gasteiger partial charge in [-0.25, -0.2) is 14.8 Å². The Morgan fingerprint density at radius 2 is 2.09 bits per heavy atom. The van der Waals surface area contributed by atoms with E-state index in [0.29, 0.717) is 16.4 Å². The van der Waals surface area contributed by atoms with Crippen LogP contribution in [-0.2, 0) is 24.0 Å². The monoisotopic (exact) mass is 651 g/mol. The number of hydrogen-bond donors (Lipinski definition) is 6. The quantitative estimate of drug-likeness (QED) is 0.0652. The molecule has 16 nitrogen and oxygen atoms in total. The van der Waals surface area contributed by atoms with Crippen LogP contribution in [0, 0.1) is 0 Å². The summed E-state index contributed by atoms with van der Waals surface area (Å²) < 4.78 is 0. The number of carbonyl (C=O) groups is 4. The highest BCUT2D eigenvalue weighted by Gasteiger charge is 2.53. The number of nitrogens with one attached hydrogen (secondary N) is 2. The summed E-state index contributed by atoms with van der Waals surface area (Å²) in [6.07, 6.45) is 2.60. The highest BCUT2D eigenvalue weighted by Crippen LogP contribution is 2.41. The molecular formula is C24H29N9O7S3. The number of aliphatic imine (C=N–C) groups is 1. The first-order valence-electron chi connectivity index (χ1n) is 13.0. The standard InChI is InChI=1S/C24H29N9O7S3/c1-24(2,21(38)39)40-31-13(11-8-42-22(26)28-11)17(34)29-14-18(35)32-15(20(36)37)9(6-41-19(14)32)7-43-23-30-16(25)10-4-3-5-12(10)33(23)27/h8,14,19,23H,3-7,27H2,1-2H3,(H2,25,30)(H2,26,28)(H,29,34)(H,36,37)(H,38,39)/b31-13-/t14?,19-,23?/m1/s1. The Bertz CT molecular complexity index is 1520. The molecule has 1 saturated heterocycles. The van der Waals surface area contributed by atoms with E-state index in [4.69, 9.17) is 22.1 Å². The fraction of sp³-hybridized carbons (Fsp3) is 0.458. The molecule has 0 bridgehead atoms. The van der Waals surface area contributed by atoms with Crippen molar-refractivity contribution in [2.45, 2.75) is 55.6 Å². The predicted molar refractivity (Wildman–Crippen MR) is 157 cm³/mol. The molecule has 1 aromatic heterocycles. The van der Waals surface area contributed by atoms with Crippen LogP contribution in [0.2, 0.25) is 0 Å². The Labute approximate surface area is 257 Å². The van der Waals surface area contributed by atoms with Gasteiger partial charge in [0.05, 0.1) is 17.2 Å². The van der Waals surface area contributed by atoms with E-state index in [2.05, 4.69) is 20.4 Å². The topological polar surface area (TPSA) is 256 Å². The van der Waals surface area contributed by atoms with Gasteiger partial charge in [-0.05, 0) is 32.3 Å². The third kappa shape index (κ3) is 5.81. The molecule has 0 saturated carbocycles. The zero-order valence-electron chi connectivity index (χ0n) is 23.0. The lowest BCUT2D eigenvalue weighted by Gasteiger charge is -2.50. The van der Waals surface area contributed by atoms with Crippen LogP contribution >= 0.6 is 34.9 Å². The Kier molecular flexibility index (Phi) is 8.45. The number of amides is 2. The number of nitrogen functional groups attached to an aromatic ring is 1. The molecule has 1 fully saturated rings. The van der Waals surface area contributed by atoms with Crippen molar-refractivity contribution in [3.05, 3.63) is 33.6 Å². The molecule has 0 radical (unpaired) electrons. The molecule has 4 aliphatic rings. The number of thioether (sulfide) groups is 2. The van der Waals surface area contributed by atoms with E-state index in [1.165, 1.54) is 42.8 Å². The van der Waals surface area contributed by atoms with Crippen molar-refractivity contribution in [1.82, 2.24) is 15.2 Å². The van der Waals surface area contributed by atoms with Crippen LogP contribution in [0.4, 0.5) is 5.13 Å². The Morgan fingerprint density at radius 1 is 1.35 bits per heavy atom. The lowest BCUT2D eigenvalue weighted by Crippen LogP contribution is -3.19. The lowest BCUT2D eigenvalue weighted by molar-refractivity contribution is -0.885. The number of quaternary nitrogens is 1. The lowest BCUT2D eigenvalue weighted by atomic mass is 10.0. The highest BCUT2D eigenvalue weighted by atomic mass is 32.2. The second-order valence-electron chi connectivity index (χ2n) is 10.5. The van der Waals surface area contributed by atoms with Crippen molar-refractivity contribution < 1.29 is 39.2 Å². The van der Waals surface area contributed by atoms with E-state index >= 15 is 0 Å². The number of nitrogens with two attached hydrogens (primary N) is 3. The molecule has 19 heteroatoms. The van der Waals surface area contributed by atoms with E-state index < -0.39 is 52.0 Å². The van der Waals surface area contributed by atoms with Crippen LogP contribution in [0.3, 0.4) is 0 Å². The van der Waals surface area contributed by atoms with Gasteiger partial charge in [0.1, 0.15) is 28.6 Å². The van der Waals surface area contributed by atoms with Gasteiger partial charge >= 0.3 is 5.97 Å². The molecule has 43 heavy (non-hydrogen) atoms. The average Bonchev–Trinajstić information content (AvgIpc) is 3.62. The summed E-state index contributed by atoms with van der Waals surface area (Å²) in [5, 5.41) is 29.2. The molecule has 3 unspecified atom stereocenters. The maximum absolute atomic E-state index is 13.2. The molecule has 1 aliphatic carbocycles. The maximum atomic E-state index is 13.2. The van der Waals surface area contributed by atoms with Crippen molar-refractivity contribution in [3.63, 3.8) is 0 Å². The molecule has 4 atom stereocenters. The number of aromatic nitrogens is 1. The highest BCUT2D eigenvalue weighted by molar-refractivity contribution is 8.01. The van der Waals surface area contributed by atoms with Gasteiger partial charge in [-0.1, -0.05) is 16.9 Å². The predicted octanol–water partition coefficient (Wildman–Crippen LogP) is -2.70. The fourth-order valence-electron chi connectivity index (χ4n) is 4.87. The molecule has 5 rings (SSSR count). The summed E-state index contributed by atoms with van der Waals surface area (Å²) in [6, 6.07) is -1.10. The number of oxime groups is 1. The minimum atomic E-state index is -1.77. The molecule has 0 spiro atoms. The van der Waals surface area contributed by atoms with Crippen LogP contribution in [0.25, 0.3) is 0 Å². The molecule has 0 aromatic carbocycles. The summed E-state index contributed by atoms with van der Waals surface area (Å²) in [4.78, 5) is 64.8. The molecule has 3 aliphatic heterocycles. The van der Waals surface area contributed by atoms with E-state index in [9.17, 15) is 29.4 Å². The Morgan fingerprint density at radius 3 is 2.74 bits per heavy atom. The van der Waals surface area contributed by atoms with E-state index in [1.807, 2.05) is 0 Å². The number of hydrogen-bond acceptors (Lipinski definition) is 15. The minimum Gasteiger partial charge on any atom is -0.543 e. The Balaban J connectivity index is 1.30. The first-order chi connectivity index (χ1) is 20.3. The number of β-lactam (4-membered cyclic amide) rings is 1. The first kappa shape index (κ1) is 30.8. The van der Waals surface area contributed by atoms with Crippen LogP contribution in [-0.4, -0.2) is 84.3 Å². The number of amidine groups is 1. The van der Waals surface area contributed by atoms with Crippen molar-refractivity contribution in [2.24, 2.45) is 21.7 Å². The van der Waals surface area contributed by atoms with E-state index in [-0.39, 0.29) is 28.0 Å². The number of anilines is 1. The van der Waals surface area contributed by atoms with Crippen molar-refractivity contribution in [3.8, 4) is 0 Å². The van der Waals surface area contributed by atoms with Gasteiger partial charge in [-0.15, -0.1) is 23.1 Å². The molecule has 230 valence electrons. The second kappa shape index (κ2) is 11.8. The van der Waals surface area contributed by atoms with Crippen LogP contribution in [0.5, 0.6) is 0 Å². The number of thiazole rings is 1. The van der Waals surface area contributed by atoms with E-state index in [0.717, 1.165) is 46.8 Å². The summed E-state index contributed by atoms with van der Waals surface area (Å²) in [5.41, 5.74) is 11.4. The van der Waals surface area contributed by atoms with Crippen molar-refractivity contribution >= 4 is 75.3 Å². The number of carboxylic acid groups (broad SMARTS) is 2. The zero-order valence-corrected chi connectivity index (χ0v) is 25.4. The number of fused-ring (bicyclic) bond motifs is 1. The van der Waals surface area contributed by atoms with Gasteiger partial charge in [0.2, 0.25) is 5.60 Å². The second-order valence-corrected chi connectivity index (χ2v) is 13.5. The number of nitrogens with zero attached hydrogens (tertiary/aromatic N) is 4. The van der Waals surface area contributed by atoms with Crippen molar-refractivity contribution in [1.29, 1.82) is 0 Å². The number of aliphatic carboxylic acids is 2. The zero-order chi connectivity index (χ0) is 31.2. The molecule has 1 aromatic rings. The van der Waals surface area contributed by atoms with Gasteiger partial charge in [0, 0.05) is 23.3 Å². The number of rotatable bonds is 10. The van der Waals surface area contributed by atoms with Gasteiger partial charge in [-0.3, -0.25) is 14.5 Å². The van der Waals surface area contributed by atoms with Crippen LogP contribution in [0.15, 0.2) is 38.1 Å². The molecule has 4 heterocycles. The average molecular weight is 652 g/mol. The minimum absolute atomic E-state index is 0.0123. The normalized spacial score (nSPS) is 25.6. The third-order valence-corrected chi connectivity index (χ3v) is 10.4. The smallest absolute Gasteiger partial charge is 0.350 e. The van der Waals surface area contributed by atoms with Gasteiger partial charge in [0.15, 0.2) is 10.8 Å². The van der Waals surface area contributed by atoms with Crippen molar-refractivity contribution in [2.75, 3.05) is 17.2 Å². The van der Waals surface area contributed by atoms with Crippen LogP contribution in [0.1, 0.15) is 38.8 Å². The molecule has 2 amide bonds. The van der Waals surface area contributed by atoms with Gasteiger partial charge < -0.3 is 36.6 Å². The van der Waals surface area contributed by atoms with Gasteiger partial charge in [-0.2, -0.15) is 10.8 Å². The number of carbonyl (C=O) groups excluding carboxylic acids is 3. The SMILES string of the molecule is CC(C)(O/N=C(\C(=O)NC1C(=O)N2C(C(=O)[O-])=C(CSC3N=C(N)C4=C(CCC4)[NH+]3N)CS[C@H]12)c1csc(N)n1)C(=O)O. The van der Waals surface area contributed by atoms with Crippen LogP contribution < -0.4 is 32.7 Å². The maximum Gasteiger partial charge on any atom is 0.350 e. The summed E-state index contributed by atoms with van der Waals surface area (Å²) >= 11 is 3.61. The third-order valence-electron chi connectivity index (χ3n) is 7.20. The summed E-state index contributed by atoms with van der Waals surface area (Å²) in [5.74, 6) is 2.89. The fourth-order valence-corrected chi connectivity index (χ4v) is 8.00. The summed E-state index contributed by atoms with van der Waals surface area (Å²) in [7, 11) is 0. The van der Waals surface area contributed by atoms with Gasteiger partial charge in [0.25, 0.3) is 17.3 Å².